The third kappa shape index (κ3) is 7.32. The van der Waals surface area contributed by atoms with Crippen LogP contribution in [-0.4, -0.2) is 63.3 Å². The monoisotopic (exact) mass is 299 g/mol. The number of nitrogens with one attached hydrogen (secondary N) is 1. The zero-order chi connectivity index (χ0) is 15.5. The van der Waals surface area contributed by atoms with Crippen molar-refractivity contribution >= 4 is 11.9 Å². The van der Waals surface area contributed by atoms with Gasteiger partial charge in [0.05, 0.1) is 13.2 Å². The van der Waals surface area contributed by atoms with E-state index in [1.165, 1.54) is 0 Å². The summed E-state index contributed by atoms with van der Waals surface area (Å²) in [5, 5.41) is 3.29. The lowest BCUT2D eigenvalue weighted by molar-refractivity contribution is -0.143. The predicted molar refractivity (Wildman–Crippen MR) is 83.4 cm³/mol. The summed E-state index contributed by atoms with van der Waals surface area (Å²) in [7, 11) is 2.05. The van der Waals surface area contributed by atoms with Crippen LogP contribution in [0.5, 0.6) is 0 Å². The Morgan fingerprint density at radius 1 is 1.48 bits per heavy atom. The molecule has 0 aromatic heterocycles. The number of rotatable bonds is 8. The van der Waals surface area contributed by atoms with Crippen LogP contribution in [0, 0.1) is 5.92 Å². The molecule has 0 spiro atoms. The zero-order valence-electron chi connectivity index (χ0n) is 13.6. The van der Waals surface area contributed by atoms with E-state index in [1.54, 1.807) is 0 Å². The van der Waals surface area contributed by atoms with Gasteiger partial charge in [-0.1, -0.05) is 0 Å². The van der Waals surface area contributed by atoms with Gasteiger partial charge >= 0.3 is 5.97 Å². The van der Waals surface area contributed by atoms with Gasteiger partial charge < -0.3 is 19.7 Å². The minimum absolute atomic E-state index is 0.144. The lowest BCUT2D eigenvalue weighted by Gasteiger charge is -2.24. The Labute approximate surface area is 127 Å². The van der Waals surface area contributed by atoms with Gasteiger partial charge in [-0.05, 0) is 26.7 Å². The number of aliphatic imine (C=N–C) groups is 1. The summed E-state index contributed by atoms with van der Waals surface area (Å²) in [6.45, 7) is 8.44. The molecule has 1 heterocycles. The molecule has 122 valence electrons. The second-order valence-electron chi connectivity index (χ2n) is 5.25. The van der Waals surface area contributed by atoms with E-state index in [4.69, 9.17) is 9.47 Å². The van der Waals surface area contributed by atoms with E-state index in [1.807, 2.05) is 14.0 Å². The highest BCUT2D eigenvalue weighted by Gasteiger charge is 2.18. The van der Waals surface area contributed by atoms with Crippen molar-refractivity contribution in [1.82, 2.24) is 10.2 Å². The van der Waals surface area contributed by atoms with Crippen LogP contribution in [0.25, 0.3) is 0 Å². The number of hydrogen-bond acceptors (Lipinski definition) is 4. The highest BCUT2D eigenvalue weighted by molar-refractivity contribution is 5.79. The van der Waals surface area contributed by atoms with E-state index < -0.39 is 0 Å². The normalized spacial score (nSPS) is 18.6. The summed E-state index contributed by atoms with van der Waals surface area (Å²) in [6, 6.07) is 0. The van der Waals surface area contributed by atoms with Crippen LogP contribution in [0.15, 0.2) is 4.99 Å². The van der Waals surface area contributed by atoms with Crippen molar-refractivity contribution in [3.63, 3.8) is 0 Å². The molecule has 21 heavy (non-hydrogen) atoms. The highest BCUT2D eigenvalue weighted by Crippen LogP contribution is 2.13. The molecule has 6 heteroatoms. The van der Waals surface area contributed by atoms with Gasteiger partial charge in [0, 0.05) is 45.6 Å². The van der Waals surface area contributed by atoms with E-state index >= 15 is 0 Å². The molecule has 0 saturated carbocycles. The zero-order valence-corrected chi connectivity index (χ0v) is 13.6. The van der Waals surface area contributed by atoms with Crippen molar-refractivity contribution in [3.8, 4) is 0 Å². The van der Waals surface area contributed by atoms with Crippen LogP contribution >= 0.6 is 0 Å². The van der Waals surface area contributed by atoms with Gasteiger partial charge in [0.15, 0.2) is 5.96 Å². The number of hydrogen-bond donors (Lipinski definition) is 1. The fourth-order valence-electron chi connectivity index (χ4n) is 2.31. The van der Waals surface area contributed by atoms with E-state index in [0.29, 0.717) is 31.9 Å². The van der Waals surface area contributed by atoms with Crippen molar-refractivity contribution < 1.29 is 14.3 Å². The molecule has 1 aliphatic heterocycles. The first-order chi connectivity index (χ1) is 10.2. The van der Waals surface area contributed by atoms with Crippen molar-refractivity contribution in [2.24, 2.45) is 10.9 Å². The van der Waals surface area contributed by atoms with E-state index in [0.717, 1.165) is 38.7 Å². The van der Waals surface area contributed by atoms with Crippen LogP contribution in [0.2, 0.25) is 0 Å². The minimum atomic E-state index is -0.144. The van der Waals surface area contributed by atoms with Crippen LogP contribution in [0.4, 0.5) is 0 Å². The Hall–Kier alpha value is -1.30. The highest BCUT2D eigenvalue weighted by atomic mass is 16.5. The minimum Gasteiger partial charge on any atom is -0.466 e. The molecule has 0 aromatic rings. The number of ether oxygens (including phenoxy) is 2. The molecule has 1 unspecified atom stereocenters. The van der Waals surface area contributed by atoms with Gasteiger partial charge in [0.25, 0.3) is 0 Å². The summed E-state index contributed by atoms with van der Waals surface area (Å²) in [6.07, 6.45) is 2.26. The van der Waals surface area contributed by atoms with Crippen LogP contribution in [0.3, 0.4) is 0 Å². The Morgan fingerprint density at radius 2 is 2.29 bits per heavy atom. The first-order valence-corrected chi connectivity index (χ1v) is 7.90. The lowest BCUT2D eigenvalue weighted by Crippen LogP contribution is -2.41. The molecule has 0 aromatic carbocycles. The second kappa shape index (κ2) is 10.4. The molecule has 1 atom stereocenters. The first kappa shape index (κ1) is 17.8. The summed E-state index contributed by atoms with van der Waals surface area (Å²) >= 11 is 0. The number of nitrogens with zero attached hydrogens (tertiary/aromatic N) is 2. The molecule has 1 aliphatic rings. The summed E-state index contributed by atoms with van der Waals surface area (Å²) in [5.74, 6) is 1.33. The molecule has 1 fully saturated rings. The van der Waals surface area contributed by atoms with E-state index in [9.17, 15) is 4.79 Å². The van der Waals surface area contributed by atoms with Crippen molar-refractivity contribution in [1.29, 1.82) is 0 Å². The smallest absolute Gasteiger partial charge is 0.305 e. The van der Waals surface area contributed by atoms with Crippen molar-refractivity contribution in [2.45, 2.75) is 33.1 Å². The summed E-state index contributed by atoms with van der Waals surface area (Å²) < 4.78 is 10.3. The Morgan fingerprint density at radius 3 is 2.90 bits per heavy atom. The lowest BCUT2D eigenvalue weighted by atomic mass is 10.1. The van der Waals surface area contributed by atoms with Crippen molar-refractivity contribution in [3.05, 3.63) is 0 Å². The van der Waals surface area contributed by atoms with Crippen molar-refractivity contribution in [2.75, 3.05) is 46.5 Å². The Bertz CT molecular complexity index is 328. The predicted octanol–water partition coefficient (Wildman–Crippen LogP) is 1.26. The van der Waals surface area contributed by atoms with Crippen LogP contribution < -0.4 is 5.32 Å². The van der Waals surface area contributed by atoms with E-state index in [-0.39, 0.29) is 5.97 Å². The first-order valence-electron chi connectivity index (χ1n) is 7.90. The van der Waals surface area contributed by atoms with Gasteiger partial charge in [-0.3, -0.25) is 9.79 Å². The standard InChI is InChI=1S/C15H29N3O3/c1-4-16-15(17-9-6-7-14(19)21-5-2)18(3)11-13-8-10-20-12-13/h13H,4-12H2,1-3H3,(H,16,17). The topological polar surface area (TPSA) is 63.2 Å². The fourth-order valence-corrected chi connectivity index (χ4v) is 2.31. The maximum Gasteiger partial charge on any atom is 0.305 e. The third-order valence-electron chi connectivity index (χ3n) is 3.36. The molecule has 0 aliphatic carbocycles. The van der Waals surface area contributed by atoms with Crippen LogP contribution in [0.1, 0.15) is 33.1 Å². The number of carbonyl (C=O) groups excluding carboxylic acids is 1. The quantitative estimate of drug-likeness (QED) is 0.316. The largest absolute Gasteiger partial charge is 0.466 e. The van der Waals surface area contributed by atoms with E-state index in [2.05, 4.69) is 22.1 Å². The van der Waals surface area contributed by atoms with Gasteiger partial charge in [0.1, 0.15) is 0 Å². The second-order valence-corrected chi connectivity index (χ2v) is 5.25. The van der Waals surface area contributed by atoms with Crippen LogP contribution in [-0.2, 0) is 14.3 Å². The molecule has 0 bridgehead atoms. The molecule has 0 radical (unpaired) electrons. The number of carbonyl (C=O) groups is 1. The summed E-state index contributed by atoms with van der Waals surface area (Å²) in [4.78, 5) is 18.0. The molecule has 6 nitrogen and oxygen atoms in total. The Balaban J connectivity index is 2.35. The maximum atomic E-state index is 11.3. The van der Waals surface area contributed by atoms with Gasteiger partial charge in [-0.15, -0.1) is 0 Å². The van der Waals surface area contributed by atoms with Gasteiger partial charge in [-0.2, -0.15) is 0 Å². The molecular weight excluding hydrogens is 270 g/mol. The SMILES string of the molecule is CCNC(=NCCCC(=O)OCC)N(C)CC1CCOC1. The average molecular weight is 299 g/mol. The summed E-state index contributed by atoms with van der Waals surface area (Å²) in [5.41, 5.74) is 0. The maximum absolute atomic E-state index is 11.3. The Kier molecular flexibility index (Phi) is 8.82. The van der Waals surface area contributed by atoms with Gasteiger partial charge in [0.2, 0.25) is 0 Å². The molecule has 0 amide bonds. The average Bonchev–Trinajstić information content (AvgIpc) is 2.95. The third-order valence-corrected chi connectivity index (χ3v) is 3.36. The number of guanidine groups is 1. The molecular formula is C15H29N3O3. The number of esters is 1. The molecule has 1 N–H and O–H groups in total. The van der Waals surface area contributed by atoms with Gasteiger partial charge in [-0.25, -0.2) is 0 Å². The fraction of sp³-hybridized carbons (Fsp3) is 0.867. The molecule has 1 saturated heterocycles. The molecule has 1 rings (SSSR count).